The average Bonchev–Trinajstić information content (AvgIpc) is 2.21. The zero-order valence-electron chi connectivity index (χ0n) is 10.5. The second kappa shape index (κ2) is 5.33. The van der Waals surface area contributed by atoms with Gasteiger partial charge in [-0.2, -0.15) is 0 Å². The number of nitrogens with one attached hydrogen (secondary N) is 1. The van der Waals surface area contributed by atoms with Gasteiger partial charge in [-0.25, -0.2) is 4.39 Å². The van der Waals surface area contributed by atoms with E-state index >= 15 is 0 Å². The number of anilines is 1. The zero-order chi connectivity index (χ0) is 13.1. The molecule has 0 bridgehead atoms. The van der Waals surface area contributed by atoms with Gasteiger partial charge in [0.25, 0.3) is 0 Å². The molecule has 17 heavy (non-hydrogen) atoms. The van der Waals surface area contributed by atoms with E-state index in [0.717, 1.165) is 0 Å². The van der Waals surface area contributed by atoms with Crippen molar-refractivity contribution in [1.29, 1.82) is 0 Å². The van der Waals surface area contributed by atoms with Crippen molar-refractivity contribution >= 4 is 5.69 Å². The number of aliphatic hydroxyl groups is 1. The van der Waals surface area contributed by atoms with Crippen molar-refractivity contribution in [3.05, 3.63) is 24.0 Å². The Hall–Kier alpha value is -1.33. The molecule has 0 fully saturated rings. The van der Waals surface area contributed by atoms with Crippen LogP contribution in [0.5, 0.6) is 5.75 Å². The summed E-state index contributed by atoms with van der Waals surface area (Å²) in [7, 11) is 1.45. The van der Waals surface area contributed by atoms with Crippen molar-refractivity contribution in [1.82, 2.24) is 0 Å². The topological polar surface area (TPSA) is 50.7 Å². The Kier molecular flexibility index (Phi) is 4.31. The Morgan fingerprint density at radius 3 is 2.59 bits per heavy atom. The minimum atomic E-state index is -1.02. The molecule has 0 heterocycles. The molecule has 1 rings (SSSR count). The summed E-state index contributed by atoms with van der Waals surface area (Å²) in [4.78, 5) is 4.76. The maximum Gasteiger partial charge on any atom is 0.148 e. The molecule has 4 nitrogen and oxygen atoms in total. The van der Waals surface area contributed by atoms with Crippen molar-refractivity contribution in [3.8, 4) is 5.75 Å². The van der Waals surface area contributed by atoms with Crippen LogP contribution in [0.3, 0.4) is 0 Å². The van der Waals surface area contributed by atoms with Gasteiger partial charge in [0.05, 0.1) is 12.7 Å². The first-order valence-corrected chi connectivity index (χ1v) is 5.32. The van der Waals surface area contributed by atoms with Crippen LogP contribution in [-0.4, -0.2) is 23.9 Å². The molecule has 0 spiro atoms. The lowest BCUT2D eigenvalue weighted by molar-refractivity contribution is -0.0241. The quantitative estimate of drug-likeness (QED) is 0.779. The van der Waals surface area contributed by atoms with Gasteiger partial charge in [0, 0.05) is 6.07 Å². The van der Waals surface area contributed by atoms with E-state index in [1.54, 1.807) is 20.8 Å². The normalized spacial score (nSPS) is 13.3. The van der Waals surface area contributed by atoms with Gasteiger partial charge < -0.3 is 9.84 Å². The highest BCUT2D eigenvalue weighted by molar-refractivity contribution is 5.55. The number of hydrogen-bond acceptors (Lipinski definition) is 4. The summed E-state index contributed by atoms with van der Waals surface area (Å²) in [6.45, 7) is 4.96. The first-order valence-electron chi connectivity index (χ1n) is 5.32. The van der Waals surface area contributed by atoms with Crippen molar-refractivity contribution in [3.63, 3.8) is 0 Å². The number of hydrogen-bond donors (Lipinski definition) is 2. The van der Waals surface area contributed by atoms with Gasteiger partial charge in [0.15, 0.2) is 0 Å². The molecule has 0 saturated carbocycles. The van der Waals surface area contributed by atoms with Crippen LogP contribution in [0.1, 0.15) is 20.8 Å². The van der Waals surface area contributed by atoms with Gasteiger partial charge in [-0.05, 0) is 32.9 Å². The smallest absolute Gasteiger partial charge is 0.148 e. The number of rotatable bonds is 5. The van der Waals surface area contributed by atoms with Gasteiger partial charge in [-0.1, -0.05) is 0 Å². The fourth-order valence-electron chi connectivity index (χ4n) is 1.12. The second-order valence-corrected chi connectivity index (χ2v) is 4.36. The van der Waals surface area contributed by atoms with E-state index in [1.807, 2.05) is 0 Å². The van der Waals surface area contributed by atoms with Gasteiger partial charge in [0.2, 0.25) is 0 Å². The molecule has 0 amide bonds. The monoisotopic (exact) mass is 243 g/mol. The summed E-state index contributed by atoms with van der Waals surface area (Å²) in [5.41, 5.74) is 2.07. The maximum absolute atomic E-state index is 13.1. The molecule has 0 radical (unpaired) electrons. The average molecular weight is 243 g/mol. The van der Waals surface area contributed by atoms with Gasteiger partial charge in [-0.15, -0.1) is 0 Å². The Labute approximate surface area is 100 Å². The molecule has 0 aliphatic rings. The van der Waals surface area contributed by atoms with E-state index in [9.17, 15) is 9.50 Å². The van der Waals surface area contributed by atoms with Crippen molar-refractivity contribution in [2.75, 3.05) is 12.6 Å². The largest absolute Gasteiger partial charge is 0.485 e. The van der Waals surface area contributed by atoms with E-state index in [2.05, 4.69) is 5.48 Å². The lowest BCUT2D eigenvalue weighted by atomic mass is 10.0. The first kappa shape index (κ1) is 13.7. The minimum Gasteiger partial charge on any atom is -0.485 e. The minimum absolute atomic E-state index is 0.293. The van der Waals surface area contributed by atoms with E-state index in [1.165, 1.54) is 25.3 Å². The van der Waals surface area contributed by atoms with Crippen molar-refractivity contribution in [2.45, 2.75) is 32.5 Å². The van der Waals surface area contributed by atoms with E-state index in [4.69, 9.17) is 9.57 Å². The third kappa shape index (κ3) is 3.87. The van der Waals surface area contributed by atoms with Gasteiger partial charge in [-0.3, -0.25) is 10.3 Å². The summed E-state index contributed by atoms with van der Waals surface area (Å²) in [6, 6.07) is 4.04. The molecule has 2 N–H and O–H groups in total. The Morgan fingerprint density at radius 1 is 1.41 bits per heavy atom. The van der Waals surface area contributed by atoms with Crippen LogP contribution in [0.4, 0.5) is 10.1 Å². The molecule has 96 valence electrons. The third-order valence-corrected chi connectivity index (χ3v) is 2.45. The highest BCUT2D eigenvalue weighted by atomic mass is 19.1. The molecule has 1 unspecified atom stereocenters. The van der Waals surface area contributed by atoms with Gasteiger partial charge in [0.1, 0.15) is 23.4 Å². The SMILES string of the molecule is CONc1ccc(F)cc1OC(C)C(C)(C)O. The molecule has 1 aromatic rings. The fourth-order valence-corrected chi connectivity index (χ4v) is 1.12. The molecule has 0 aromatic heterocycles. The number of halogens is 1. The predicted octanol–water partition coefficient (Wildman–Crippen LogP) is 2.34. The van der Waals surface area contributed by atoms with E-state index in [0.29, 0.717) is 11.4 Å². The lowest BCUT2D eigenvalue weighted by Crippen LogP contribution is -2.38. The van der Waals surface area contributed by atoms with Crippen molar-refractivity contribution < 1.29 is 19.1 Å². The maximum atomic E-state index is 13.1. The molecule has 0 saturated heterocycles. The molecule has 5 heteroatoms. The molecule has 0 aliphatic heterocycles. The Balaban J connectivity index is 2.92. The summed E-state index contributed by atoms with van der Waals surface area (Å²) < 4.78 is 18.6. The van der Waals surface area contributed by atoms with Crippen LogP contribution < -0.4 is 10.2 Å². The summed E-state index contributed by atoms with van der Waals surface area (Å²) in [5, 5.41) is 9.77. The third-order valence-electron chi connectivity index (χ3n) is 2.45. The van der Waals surface area contributed by atoms with Crippen LogP contribution in [0.15, 0.2) is 18.2 Å². The fraction of sp³-hybridized carbons (Fsp3) is 0.500. The second-order valence-electron chi connectivity index (χ2n) is 4.36. The number of benzene rings is 1. The molecule has 0 aliphatic carbocycles. The van der Waals surface area contributed by atoms with E-state index < -0.39 is 17.5 Å². The Bertz CT molecular complexity index is 377. The van der Waals surface area contributed by atoms with Crippen LogP contribution >= 0.6 is 0 Å². The standard InChI is InChI=1S/C12H18FNO3/c1-8(12(2,3)15)17-11-7-9(13)5-6-10(11)14-16-4/h5-8,14-15H,1-4H3. The van der Waals surface area contributed by atoms with E-state index in [-0.39, 0.29) is 0 Å². The number of ether oxygens (including phenoxy) is 1. The summed E-state index contributed by atoms with van der Waals surface area (Å²) in [5.74, 6) is -0.119. The molecule has 1 atom stereocenters. The molecule has 1 aromatic carbocycles. The lowest BCUT2D eigenvalue weighted by Gasteiger charge is -2.27. The predicted molar refractivity (Wildman–Crippen MR) is 63.4 cm³/mol. The summed E-state index contributed by atoms with van der Waals surface area (Å²) in [6.07, 6.45) is -0.485. The highest BCUT2D eigenvalue weighted by Gasteiger charge is 2.25. The van der Waals surface area contributed by atoms with Gasteiger partial charge >= 0.3 is 0 Å². The first-order chi connectivity index (χ1) is 7.84. The van der Waals surface area contributed by atoms with Crippen LogP contribution in [-0.2, 0) is 4.84 Å². The van der Waals surface area contributed by atoms with Crippen LogP contribution in [0.25, 0.3) is 0 Å². The van der Waals surface area contributed by atoms with Crippen LogP contribution in [0, 0.1) is 5.82 Å². The Morgan fingerprint density at radius 2 is 2.06 bits per heavy atom. The molecular weight excluding hydrogens is 225 g/mol. The van der Waals surface area contributed by atoms with Crippen molar-refractivity contribution in [2.24, 2.45) is 0 Å². The highest BCUT2D eigenvalue weighted by Crippen LogP contribution is 2.28. The molecular formula is C12H18FNO3. The zero-order valence-corrected chi connectivity index (χ0v) is 10.5. The summed E-state index contributed by atoms with van der Waals surface area (Å²) >= 11 is 0. The van der Waals surface area contributed by atoms with Crippen LogP contribution in [0.2, 0.25) is 0 Å².